The van der Waals surface area contributed by atoms with Crippen LogP contribution < -0.4 is 5.32 Å². The molecule has 4 aliphatic rings. The highest BCUT2D eigenvalue weighted by Gasteiger charge is 2.49. The van der Waals surface area contributed by atoms with Gasteiger partial charge in [-0.1, -0.05) is 44.2 Å². The molecule has 2 heterocycles. The summed E-state index contributed by atoms with van der Waals surface area (Å²) in [7, 11) is 0. The molecule has 1 aromatic carbocycles. The van der Waals surface area contributed by atoms with Gasteiger partial charge in [0.1, 0.15) is 5.84 Å². The highest BCUT2D eigenvalue weighted by molar-refractivity contribution is 5.98. The van der Waals surface area contributed by atoms with Crippen molar-refractivity contribution in [3.05, 3.63) is 35.9 Å². The Balaban J connectivity index is 0.00000308. The lowest BCUT2D eigenvalue weighted by molar-refractivity contribution is -0.135. The zero-order valence-corrected chi connectivity index (χ0v) is 33.1. The molecule has 1 spiro atoms. The fourth-order valence-electron chi connectivity index (χ4n) is 9.42. The molecule has 2 aliphatic carbocycles. The second kappa shape index (κ2) is 19.3. The highest BCUT2D eigenvalue weighted by atomic mass is 19.3. The molecular weight excluding hydrogens is 671 g/mol. The maximum atomic E-state index is 13.8. The molecule has 53 heavy (non-hydrogen) atoms. The SMILES string of the molecule is C#CCCCC(=O)N1CCC2(CC1)CC(C(=N)N(C(C)=N)C(C)CC1CCC(C)N1CCC(NC(=O)C1CCC(F)(F)CC1)c1ccccc1)C2.CC. The zero-order chi connectivity index (χ0) is 38.8. The number of alkyl halides is 2. The minimum atomic E-state index is -2.67. The van der Waals surface area contributed by atoms with E-state index in [0.29, 0.717) is 36.6 Å². The van der Waals surface area contributed by atoms with E-state index in [0.717, 1.165) is 83.0 Å². The molecule has 4 unspecified atom stereocenters. The summed E-state index contributed by atoms with van der Waals surface area (Å²) < 4.78 is 27.6. The second-order valence-corrected chi connectivity index (χ2v) is 16.2. The van der Waals surface area contributed by atoms with E-state index in [1.165, 1.54) is 0 Å². The smallest absolute Gasteiger partial charge is 0.248 e. The number of likely N-dealkylation sites (tertiary alicyclic amines) is 2. The summed E-state index contributed by atoms with van der Waals surface area (Å²) in [6, 6.07) is 10.4. The topological polar surface area (TPSA) is 104 Å². The number of hydrogen-bond acceptors (Lipinski definition) is 5. The van der Waals surface area contributed by atoms with Gasteiger partial charge < -0.3 is 15.1 Å². The first-order valence-electron chi connectivity index (χ1n) is 20.4. The van der Waals surface area contributed by atoms with Gasteiger partial charge in [0, 0.05) is 75.3 Å². The lowest BCUT2D eigenvalue weighted by Gasteiger charge is -2.53. The first-order chi connectivity index (χ1) is 25.3. The molecule has 4 atom stereocenters. The zero-order valence-electron chi connectivity index (χ0n) is 33.1. The number of piperidine rings is 1. The number of nitrogens with one attached hydrogen (secondary N) is 3. The number of terminal acetylenes is 1. The number of amides is 2. The summed E-state index contributed by atoms with van der Waals surface area (Å²) in [4.78, 5) is 32.4. The molecule has 3 N–H and O–H groups in total. The summed E-state index contributed by atoms with van der Waals surface area (Å²) in [5, 5.41) is 21.2. The van der Waals surface area contributed by atoms with Gasteiger partial charge in [-0.05, 0) is 102 Å². The van der Waals surface area contributed by atoms with Crippen LogP contribution in [0.2, 0.25) is 0 Å². The molecule has 2 saturated heterocycles. The minimum absolute atomic E-state index is 0.000817. The highest BCUT2D eigenvalue weighted by Crippen LogP contribution is 2.53. The molecule has 0 aromatic heterocycles. The van der Waals surface area contributed by atoms with E-state index in [4.69, 9.17) is 11.8 Å². The Kier molecular flexibility index (Phi) is 15.5. The Morgan fingerprint density at radius 3 is 2.26 bits per heavy atom. The monoisotopic (exact) mass is 737 g/mol. The summed E-state index contributed by atoms with van der Waals surface area (Å²) in [5.74, 6) is 0.745. The van der Waals surface area contributed by atoms with Crippen LogP contribution in [-0.4, -0.2) is 81.9 Å². The van der Waals surface area contributed by atoms with Crippen LogP contribution >= 0.6 is 0 Å². The summed E-state index contributed by atoms with van der Waals surface area (Å²) in [5.41, 5.74) is 1.22. The van der Waals surface area contributed by atoms with Gasteiger partial charge in [-0.15, -0.1) is 12.3 Å². The van der Waals surface area contributed by atoms with Crippen molar-refractivity contribution in [1.29, 1.82) is 10.8 Å². The molecular formula is C43H66F2N6O2. The predicted octanol–water partition coefficient (Wildman–Crippen LogP) is 8.82. The summed E-state index contributed by atoms with van der Waals surface area (Å²) in [6.07, 6.45) is 14.8. The number of carbonyl (C=O) groups is 2. The van der Waals surface area contributed by atoms with Crippen molar-refractivity contribution in [2.75, 3.05) is 19.6 Å². The van der Waals surface area contributed by atoms with Crippen LogP contribution in [0.3, 0.4) is 0 Å². The van der Waals surface area contributed by atoms with Crippen LogP contribution in [0.15, 0.2) is 30.3 Å². The first kappa shape index (κ1) is 42.4. The van der Waals surface area contributed by atoms with Crippen LogP contribution in [-0.2, 0) is 9.59 Å². The van der Waals surface area contributed by atoms with E-state index < -0.39 is 5.92 Å². The standard InChI is InChI=1S/C41H60F2N6O2.C2H6/c1-5-6-8-13-37(50)47-24-21-40(22-25-47)27-34(28-40)38(45)49(31(4)44)30(3)26-35-15-14-29(2)48(35)23-18-36(32-11-9-7-10-12-32)46-39(51)33-16-19-41(42,43)20-17-33;1-2/h1,7,9-12,29-30,33-36,44-45H,6,8,13-28H2,2-4H3,(H,46,51);1-2H3. The van der Waals surface area contributed by atoms with E-state index >= 15 is 0 Å². The molecule has 0 radical (unpaired) electrons. The number of rotatable bonds is 13. The maximum absolute atomic E-state index is 13.8. The maximum Gasteiger partial charge on any atom is 0.248 e. The van der Waals surface area contributed by atoms with Crippen molar-refractivity contribution >= 4 is 23.5 Å². The summed E-state index contributed by atoms with van der Waals surface area (Å²) >= 11 is 0. The van der Waals surface area contributed by atoms with Crippen molar-refractivity contribution in [2.45, 2.75) is 161 Å². The third kappa shape index (κ3) is 11.1. The average molecular weight is 737 g/mol. The molecule has 10 heteroatoms. The van der Waals surface area contributed by atoms with Gasteiger partial charge in [-0.2, -0.15) is 0 Å². The molecule has 8 nitrogen and oxygen atoms in total. The largest absolute Gasteiger partial charge is 0.349 e. The summed E-state index contributed by atoms with van der Waals surface area (Å²) in [6.45, 7) is 12.5. The lowest BCUT2D eigenvalue weighted by atomic mass is 9.57. The molecule has 4 fully saturated rings. The number of halogens is 2. The second-order valence-electron chi connectivity index (χ2n) is 16.2. The van der Waals surface area contributed by atoms with Crippen molar-refractivity contribution in [3.8, 4) is 12.3 Å². The van der Waals surface area contributed by atoms with Crippen LogP contribution in [0, 0.1) is 40.4 Å². The molecule has 2 aliphatic heterocycles. The number of hydrogen-bond donors (Lipinski definition) is 3. The van der Waals surface area contributed by atoms with Crippen LogP contribution in [0.1, 0.15) is 143 Å². The molecule has 0 bridgehead atoms. The van der Waals surface area contributed by atoms with E-state index in [1.54, 1.807) is 6.92 Å². The number of amidine groups is 2. The Morgan fingerprint density at radius 1 is 1.02 bits per heavy atom. The molecule has 2 amide bonds. The fraction of sp³-hybridized carbons (Fsp3) is 0.721. The fourth-order valence-corrected chi connectivity index (χ4v) is 9.42. The van der Waals surface area contributed by atoms with Crippen LogP contribution in [0.25, 0.3) is 0 Å². The van der Waals surface area contributed by atoms with Crippen molar-refractivity contribution in [2.24, 2.45) is 17.3 Å². The van der Waals surface area contributed by atoms with Gasteiger partial charge in [0.05, 0.1) is 11.9 Å². The Morgan fingerprint density at radius 2 is 1.66 bits per heavy atom. The molecule has 294 valence electrons. The number of nitrogens with zero attached hydrogens (tertiary/aromatic N) is 3. The minimum Gasteiger partial charge on any atom is -0.349 e. The van der Waals surface area contributed by atoms with Gasteiger partial charge >= 0.3 is 0 Å². The van der Waals surface area contributed by atoms with Gasteiger partial charge in [-0.3, -0.25) is 25.3 Å². The van der Waals surface area contributed by atoms with Gasteiger partial charge in [-0.25, -0.2) is 8.78 Å². The van der Waals surface area contributed by atoms with Crippen molar-refractivity contribution < 1.29 is 18.4 Å². The van der Waals surface area contributed by atoms with E-state index in [2.05, 4.69) is 30.0 Å². The normalized spacial score (nSPS) is 23.8. The third-order valence-corrected chi connectivity index (χ3v) is 12.5. The lowest BCUT2D eigenvalue weighted by Crippen LogP contribution is -2.55. The average Bonchev–Trinajstić information content (AvgIpc) is 3.47. The number of unbranched alkanes of at least 4 members (excludes halogenated alkanes) is 1. The molecule has 5 rings (SSSR count). The van der Waals surface area contributed by atoms with Crippen molar-refractivity contribution in [3.63, 3.8) is 0 Å². The van der Waals surface area contributed by atoms with Crippen LogP contribution in [0.5, 0.6) is 0 Å². The van der Waals surface area contributed by atoms with E-state index in [1.807, 2.05) is 54.0 Å². The quantitative estimate of drug-likeness (QED) is 0.0815. The molecule has 1 aromatic rings. The number of carbonyl (C=O) groups excluding carboxylic acids is 2. The number of benzene rings is 1. The Labute approximate surface area is 318 Å². The van der Waals surface area contributed by atoms with Crippen molar-refractivity contribution in [1.82, 2.24) is 20.0 Å². The van der Waals surface area contributed by atoms with Crippen LogP contribution in [0.4, 0.5) is 8.78 Å². The molecule has 2 saturated carbocycles. The van der Waals surface area contributed by atoms with Gasteiger partial charge in [0.15, 0.2) is 0 Å². The Hall–Kier alpha value is -3.32. The van der Waals surface area contributed by atoms with Gasteiger partial charge in [0.25, 0.3) is 0 Å². The first-order valence-corrected chi connectivity index (χ1v) is 20.4. The van der Waals surface area contributed by atoms with E-state index in [-0.39, 0.29) is 66.8 Å². The Bertz CT molecular complexity index is 1400. The third-order valence-electron chi connectivity index (χ3n) is 12.5. The van der Waals surface area contributed by atoms with E-state index in [9.17, 15) is 23.8 Å². The van der Waals surface area contributed by atoms with Gasteiger partial charge in [0.2, 0.25) is 17.7 Å². The predicted molar refractivity (Wildman–Crippen MR) is 210 cm³/mol.